The Balaban J connectivity index is 1.18. The smallest absolute Gasteiger partial charge is 0.0972 e. The van der Waals surface area contributed by atoms with Gasteiger partial charge in [0, 0.05) is 51.3 Å². The van der Waals surface area contributed by atoms with Crippen LogP contribution in [-0.4, -0.2) is 9.97 Å². The number of rotatable bonds is 5. The Bertz CT molecular complexity index is 2750. The van der Waals surface area contributed by atoms with Crippen LogP contribution in [0.4, 0.5) is 34.1 Å². The highest BCUT2D eigenvalue weighted by atomic mass is 15.2. The van der Waals surface area contributed by atoms with Gasteiger partial charge in [-0.25, -0.2) is 0 Å². The maximum absolute atomic E-state index is 4.96. The van der Waals surface area contributed by atoms with Crippen LogP contribution in [0.5, 0.6) is 0 Å². The van der Waals surface area contributed by atoms with E-state index in [-0.39, 0.29) is 5.41 Å². The zero-order valence-corrected chi connectivity index (χ0v) is 29.6. The molecule has 252 valence electrons. The second kappa shape index (κ2) is 12.2. The van der Waals surface area contributed by atoms with E-state index in [1.54, 1.807) is 6.20 Å². The summed E-state index contributed by atoms with van der Waals surface area (Å²) in [5.74, 6) is 0. The third kappa shape index (κ3) is 4.98. The summed E-state index contributed by atoms with van der Waals surface area (Å²) < 4.78 is 0. The Kier molecular flexibility index (Phi) is 7.12. The van der Waals surface area contributed by atoms with Crippen molar-refractivity contribution in [3.05, 3.63) is 193 Å². The summed E-state index contributed by atoms with van der Waals surface area (Å²) in [5.41, 5.74) is 13.3. The number of fused-ring (bicyclic) bond motifs is 8. The quantitative estimate of drug-likeness (QED) is 0.169. The number of hydrogen-bond donors (Lipinski definition) is 0. The molecule has 8 aromatic carbocycles. The van der Waals surface area contributed by atoms with Crippen LogP contribution >= 0.6 is 0 Å². The van der Waals surface area contributed by atoms with E-state index in [1.165, 1.54) is 44.4 Å². The van der Waals surface area contributed by atoms with Gasteiger partial charge in [0.15, 0.2) is 0 Å². The van der Waals surface area contributed by atoms with Crippen molar-refractivity contribution in [2.24, 2.45) is 0 Å². The first-order chi connectivity index (χ1) is 26.1. The first-order valence-corrected chi connectivity index (χ1v) is 18.2. The summed E-state index contributed by atoms with van der Waals surface area (Å²) in [6.07, 6.45) is 3.61. The van der Waals surface area contributed by atoms with Gasteiger partial charge in [-0.05, 0) is 99.8 Å². The van der Waals surface area contributed by atoms with E-state index in [0.29, 0.717) is 0 Å². The standard InChI is InChI=1S/C49H36N4/c1-49(2)43-20-12-13-21-45(43)53(46-27-24-38(32-44(46)49)52(35-16-8-4-9-17-35)36-18-10-5-11-19-36)37-23-26-40-39-25-22-34(33-14-6-3-7-15-33)30-41(39)47-48(42(40)31-37)51-29-28-50-47/h3-32H,1-2H3. The van der Waals surface area contributed by atoms with Crippen molar-refractivity contribution in [1.29, 1.82) is 0 Å². The first kappa shape index (κ1) is 31.0. The molecule has 0 aliphatic carbocycles. The molecule has 0 saturated carbocycles. The first-order valence-electron chi connectivity index (χ1n) is 18.2. The lowest BCUT2D eigenvalue weighted by Crippen LogP contribution is -2.31. The summed E-state index contributed by atoms with van der Waals surface area (Å²) in [6.45, 7) is 4.70. The number of nitrogens with zero attached hydrogens (tertiary/aromatic N) is 4. The Morgan fingerprint density at radius 1 is 0.434 bits per heavy atom. The molecule has 1 aromatic heterocycles. The van der Waals surface area contributed by atoms with E-state index in [2.05, 4.69) is 194 Å². The van der Waals surface area contributed by atoms with Crippen LogP contribution in [0.3, 0.4) is 0 Å². The third-order valence-corrected chi connectivity index (χ3v) is 10.9. The molecule has 0 fully saturated rings. The van der Waals surface area contributed by atoms with Crippen molar-refractivity contribution in [3.8, 4) is 11.1 Å². The molecular formula is C49H36N4. The van der Waals surface area contributed by atoms with E-state index < -0.39 is 0 Å². The van der Waals surface area contributed by atoms with Crippen molar-refractivity contribution >= 4 is 66.7 Å². The van der Waals surface area contributed by atoms with Gasteiger partial charge in [0.05, 0.1) is 22.4 Å². The molecule has 4 heteroatoms. The van der Waals surface area contributed by atoms with E-state index in [9.17, 15) is 0 Å². The number of benzene rings is 8. The molecule has 10 rings (SSSR count). The van der Waals surface area contributed by atoms with Gasteiger partial charge < -0.3 is 9.80 Å². The number of para-hydroxylation sites is 3. The molecule has 0 spiro atoms. The molecule has 1 aliphatic rings. The molecule has 0 saturated heterocycles. The minimum absolute atomic E-state index is 0.251. The minimum Gasteiger partial charge on any atom is -0.310 e. The fourth-order valence-corrected chi connectivity index (χ4v) is 8.33. The summed E-state index contributed by atoms with van der Waals surface area (Å²) in [7, 11) is 0. The number of anilines is 6. The van der Waals surface area contributed by atoms with Gasteiger partial charge in [0.1, 0.15) is 0 Å². The van der Waals surface area contributed by atoms with E-state index in [1.807, 2.05) is 6.20 Å². The van der Waals surface area contributed by atoms with E-state index in [4.69, 9.17) is 9.97 Å². The molecular weight excluding hydrogens is 645 g/mol. The Hall–Kier alpha value is -6.78. The van der Waals surface area contributed by atoms with Crippen LogP contribution < -0.4 is 9.80 Å². The lowest BCUT2D eigenvalue weighted by atomic mass is 9.73. The third-order valence-electron chi connectivity index (χ3n) is 10.9. The van der Waals surface area contributed by atoms with Crippen molar-refractivity contribution in [2.75, 3.05) is 9.80 Å². The van der Waals surface area contributed by atoms with Gasteiger partial charge in [-0.15, -0.1) is 0 Å². The van der Waals surface area contributed by atoms with Crippen molar-refractivity contribution in [1.82, 2.24) is 9.97 Å². The van der Waals surface area contributed by atoms with Gasteiger partial charge in [0.25, 0.3) is 0 Å². The lowest BCUT2D eigenvalue weighted by molar-refractivity contribution is 0.632. The maximum atomic E-state index is 4.96. The van der Waals surface area contributed by atoms with Crippen LogP contribution in [0.2, 0.25) is 0 Å². The van der Waals surface area contributed by atoms with E-state index in [0.717, 1.165) is 44.6 Å². The predicted octanol–water partition coefficient (Wildman–Crippen LogP) is 13.2. The molecule has 1 aliphatic heterocycles. The number of aromatic nitrogens is 2. The van der Waals surface area contributed by atoms with E-state index >= 15 is 0 Å². The van der Waals surface area contributed by atoms with Crippen molar-refractivity contribution in [2.45, 2.75) is 19.3 Å². The molecule has 0 radical (unpaired) electrons. The molecule has 2 heterocycles. The van der Waals surface area contributed by atoms with Crippen LogP contribution in [0.1, 0.15) is 25.0 Å². The Morgan fingerprint density at radius 3 is 1.68 bits per heavy atom. The summed E-state index contributed by atoms with van der Waals surface area (Å²) in [5, 5.41) is 4.54. The predicted molar refractivity (Wildman–Crippen MR) is 221 cm³/mol. The zero-order valence-electron chi connectivity index (χ0n) is 29.6. The van der Waals surface area contributed by atoms with Crippen LogP contribution in [-0.2, 0) is 5.41 Å². The normalized spacial score (nSPS) is 13.2. The molecule has 0 unspecified atom stereocenters. The Morgan fingerprint density at radius 2 is 1.00 bits per heavy atom. The number of hydrogen-bond acceptors (Lipinski definition) is 4. The lowest BCUT2D eigenvalue weighted by Gasteiger charge is -2.42. The monoisotopic (exact) mass is 680 g/mol. The van der Waals surface area contributed by atoms with Gasteiger partial charge >= 0.3 is 0 Å². The Labute approximate surface area is 309 Å². The molecule has 9 aromatic rings. The fraction of sp³-hybridized carbons (Fsp3) is 0.0612. The van der Waals surface area contributed by atoms with Crippen LogP contribution in [0, 0.1) is 0 Å². The van der Waals surface area contributed by atoms with Gasteiger partial charge in [-0.2, -0.15) is 0 Å². The fourth-order valence-electron chi connectivity index (χ4n) is 8.33. The molecule has 0 atom stereocenters. The summed E-state index contributed by atoms with van der Waals surface area (Å²) >= 11 is 0. The molecule has 0 N–H and O–H groups in total. The van der Waals surface area contributed by atoms with Crippen LogP contribution in [0.25, 0.3) is 43.7 Å². The second-order valence-corrected chi connectivity index (χ2v) is 14.3. The average Bonchev–Trinajstić information content (AvgIpc) is 3.22. The molecule has 4 nitrogen and oxygen atoms in total. The molecule has 0 bridgehead atoms. The van der Waals surface area contributed by atoms with Crippen molar-refractivity contribution < 1.29 is 0 Å². The molecule has 0 amide bonds. The minimum atomic E-state index is -0.251. The average molecular weight is 681 g/mol. The largest absolute Gasteiger partial charge is 0.310 e. The van der Waals surface area contributed by atoms with Crippen molar-refractivity contribution in [3.63, 3.8) is 0 Å². The topological polar surface area (TPSA) is 32.3 Å². The SMILES string of the molecule is CC1(C)c2ccccc2N(c2ccc3c4ccc(-c5ccccc5)cc4c4nccnc4c3c2)c2ccc(N(c3ccccc3)c3ccccc3)cc21. The van der Waals surface area contributed by atoms with Gasteiger partial charge in [-0.3, -0.25) is 9.97 Å². The maximum Gasteiger partial charge on any atom is 0.0972 e. The van der Waals surface area contributed by atoms with Gasteiger partial charge in [0.2, 0.25) is 0 Å². The summed E-state index contributed by atoms with van der Waals surface area (Å²) in [4.78, 5) is 14.7. The zero-order chi connectivity index (χ0) is 35.5. The molecule has 53 heavy (non-hydrogen) atoms. The van der Waals surface area contributed by atoms with Gasteiger partial charge in [-0.1, -0.05) is 117 Å². The summed E-state index contributed by atoms with van der Waals surface area (Å²) in [6, 6.07) is 61.1. The highest BCUT2D eigenvalue weighted by Gasteiger charge is 2.37. The second-order valence-electron chi connectivity index (χ2n) is 14.3. The van der Waals surface area contributed by atoms with Crippen LogP contribution in [0.15, 0.2) is 182 Å². The highest BCUT2D eigenvalue weighted by Crippen LogP contribution is 2.54. The highest BCUT2D eigenvalue weighted by molar-refractivity contribution is 6.24.